The van der Waals surface area contributed by atoms with Gasteiger partial charge in [0.1, 0.15) is 0 Å². The van der Waals surface area contributed by atoms with E-state index in [4.69, 9.17) is 12.2 Å². The third-order valence-corrected chi connectivity index (χ3v) is 2.39. The second-order valence-electron chi connectivity index (χ2n) is 3.47. The summed E-state index contributed by atoms with van der Waals surface area (Å²) in [6.45, 7) is 8.53. The Bertz CT molecular complexity index is 145. The first-order valence-electron chi connectivity index (χ1n) is 4.52. The maximum Gasteiger partial charge on any atom is 0.169 e. The van der Waals surface area contributed by atoms with E-state index in [1.165, 1.54) is 0 Å². The lowest BCUT2D eigenvalue weighted by atomic mass is 10.2. The lowest BCUT2D eigenvalue weighted by Crippen LogP contribution is -2.44. The SMILES string of the molecule is CCC(C)N(C)C(=S)NC(C)C. The van der Waals surface area contributed by atoms with E-state index < -0.39 is 0 Å². The standard InChI is InChI=1S/C9H20N2S/c1-6-8(4)11(5)9(12)10-7(2)3/h7-8H,6H2,1-5H3,(H,10,12). The molecule has 0 radical (unpaired) electrons. The Kier molecular flexibility index (Phi) is 5.22. The highest BCUT2D eigenvalue weighted by molar-refractivity contribution is 7.80. The summed E-state index contributed by atoms with van der Waals surface area (Å²) >= 11 is 5.21. The van der Waals surface area contributed by atoms with Gasteiger partial charge in [-0.1, -0.05) is 6.92 Å². The molecule has 0 saturated carbocycles. The zero-order valence-corrected chi connectivity index (χ0v) is 9.53. The summed E-state index contributed by atoms with van der Waals surface area (Å²) in [4.78, 5) is 2.11. The molecule has 12 heavy (non-hydrogen) atoms. The minimum Gasteiger partial charge on any atom is -0.360 e. The Balaban J connectivity index is 3.92. The van der Waals surface area contributed by atoms with Gasteiger partial charge in [0.15, 0.2) is 5.11 Å². The topological polar surface area (TPSA) is 15.3 Å². The van der Waals surface area contributed by atoms with Crippen LogP contribution in [0, 0.1) is 0 Å². The summed E-state index contributed by atoms with van der Waals surface area (Å²) in [5, 5.41) is 4.06. The smallest absolute Gasteiger partial charge is 0.169 e. The van der Waals surface area contributed by atoms with Crippen molar-refractivity contribution in [2.45, 2.75) is 46.2 Å². The second-order valence-corrected chi connectivity index (χ2v) is 3.86. The zero-order valence-electron chi connectivity index (χ0n) is 8.72. The van der Waals surface area contributed by atoms with Crippen LogP contribution in [-0.4, -0.2) is 29.1 Å². The van der Waals surface area contributed by atoms with Gasteiger partial charge in [0.2, 0.25) is 0 Å². The van der Waals surface area contributed by atoms with Gasteiger partial charge in [-0.15, -0.1) is 0 Å². The van der Waals surface area contributed by atoms with Crippen LogP contribution in [0.1, 0.15) is 34.1 Å². The monoisotopic (exact) mass is 188 g/mol. The van der Waals surface area contributed by atoms with Crippen LogP contribution in [-0.2, 0) is 0 Å². The fraction of sp³-hybridized carbons (Fsp3) is 0.889. The van der Waals surface area contributed by atoms with Crippen molar-refractivity contribution in [2.75, 3.05) is 7.05 Å². The third kappa shape index (κ3) is 3.90. The molecular formula is C9H20N2S. The quantitative estimate of drug-likeness (QED) is 0.682. The molecule has 0 amide bonds. The predicted octanol–water partition coefficient (Wildman–Crippen LogP) is 2.00. The minimum atomic E-state index is 0.420. The third-order valence-electron chi connectivity index (χ3n) is 1.98. The highest BCUT2D eigenvalue weighted by atomic mass is 32.1. The van der Waals surface area contributed by atoms with Gasteiger partial charge in [-0.2, -0.15) is 0 Å². The van der Waals surface area contributed by atoms with Gasteiger partial charge in [0.25, 0.3) is 0 Å². The maximum absolute atomic E-state index is 5.21. The first-order chi connectivity index (χ1) is 5.49. The van der Waals surface area contributed by atoms with Crippen LogP contribution >= 0.6 is 12.2 Å². The molecule has 0 spiro atoms. The fourth-order valence-electron chi connectivity index (χ4n) is 0.823. The Labute approximate surface area is 81.3 Å². The van der Waals surface area contributed by atoms with Gasteiger partial charge in [0, 0.05) is 19.1 Å². The van der Waals surface area contributed by atoms with Crippen LogP contribution in [0.15, 0.2) is 0 Å². The largest absolute Gasteiger partial charge is 0.360 e. The summed E-state index contributed by atoms with van der Waals surface area (Å²) in [5.74, 6) is 0. The van der Waals surface area contributed by atoms with E-state index in [0.717, 1.165) is 11.5 Å². The first-order valence-corrected chi connectivity index (χ1v) is 4.93. The van der Waals surface area contributed by atoms with Crippen molar-refractivity contribution < 1.29 is 0 Å². The van der Waals surface area contributed by atoms with Gasteiger partial charge in [-0.05, 0) is 39.4 Å². The molecular weight excluding hydrogens is 168 g/mol. The summed E-state index contributed by atoms with van der Waals surface area (Å²) < 4.78 is 0. The molecule has 0 aromatic heterocycles. The van der Waals surface area contributed by atoms with E-state index in [2.05, 4.69) is 37.9 Å². The molecule has 2 nitrogen and oxygen atoms in total. The van der Waals surface area contributed by atoms with Crippen molar-refractivity contribution in [3.05, 3.63) is 0 Å². The molecule has 0 aliphatic rings. The van der Waals surface area contributed by atoms with Gasteiger partial charge in [0.05, 0.1) is 0 Å². The molecule has 0 aliphatic heterocycles. The highest BCUT2D eigenvalue weighted by Crippen LogP contribution is 2.00. The average Bonchev–Trinajstić information content (AvgIpc) is 2.00. The van der Waals surface area contributed by atoms with Crippen LogP contribution in [0.2, 0.25) is 0 Å². The average molecular weight is 188 g/mol. The summed E-state index contributed by atoms with van der Waals surface area (Å²) in [6.07, 6.45) is 1.12. The number of thiocarbonyl (C=S) groups is 1. The molecule has 0 saturated heterocycles. The zero-order chi connectivity index (χ0) is 9.72. The van der Waals surface area contributed by atoms with Crippen LogP contribution in [0.5, 0.6) is 0 Å². The summed E-state index contributed by atoms with van der Waals surface area (Å²) in [5.41, 5.74) is 0. The summed E-state index contributed by atoms with van der Waals surface area (Å²) in [6, 6.07) is 0.938. The van der Waals surface area contributed by atoms with Gasteiger partial charge >= 0.3 is 0 Å². The van der Waals surface area contributed by atoms with Crippen LogP contribution < -0.4 is 5.32 Å². The van der Waals surface area contributed by atoms with Crippen molar-refractivity contribution >= 4 is 17.3 Å². The number of nitrogens with zero attached hydrogens (tertiary/aromatic N) is 1. The van der Waals surface area contributed by atoms with E-state index in [1.54, 1.807) is 0 Å². The Hall–Kier alpha value is -0.310. The van der Waals surface area contributed by atoms with E-state index in [0.29, 0.717) is 12.1 Å². The lowest BCUT2D eigenvalue weighted by molar-refractivity contribution is 0.372. The summed E-state index contributed by atoms with van der Waals surface area (Å²) in [7, 11) is 2.03. The van der Waals surface area contributed by atoms with Crippen molar-refractivity contribution in [1.82, 2.24) is 10.2 Å². The number of hydrogen-bond donors (Lipinski definition) is 1. The number of rotatable bonds is 3. The highest BCUT2D eigenvalue weighted by Gasteiger charge is 2.10. The minimum absolute atomic E-state index is 0.420. The second kappa shape index (κ2) is 5.36. The molecule has 0 bridgehead atoms. The van der Waals surface area contributed by atoms with Crippen LogP contribution in [0.25, 0.3) is 0 Å². The fourth-order valence-corrected chi connectivity index (χ4v) is 1.24. The molecule has 0 aromatic carbocycles. The van der Waals surface area contributed by atoms with Gasteiger partial charge < -0.3 is 10.2 Å². The van der Waals surface area contributed by atoms with E-state index in [9.17, 15) is 0 Å². The maximum atomic E-state index is 5.21. The van der Waals surface area contributed by atoms with Crippen molar-refractivity contribution in [3.8, 4) is 0 Å². The normalized spacial score (nSPS) is 12.8. The molecule has 0 aromatic rings. The number of hydrogen-bond acceptors (Lipinski definition) is 1. The molecule has 1 unspecified atom stereocenters. The molecule has 72 valence electrons. The Morgan fingerprint density at radius 1 is 1.42 bits per heavy atom. The van der Waals surface area contributed by atoms with E-state index in [-0.39, 0.29) is 0 Å². The Morgan fingerprint density at radius 3 is 2.25 bits per heavy atom. The molecule has 1 atom stereocenters. The molecule has 0 rings (SSSR count). The van der Waals surface area contributed by atoms with Crippen molar-refractivity contribution in [3.63, 3.8) is 0 Å². The molecule has 1 N–H and O–H groups in total. The van der Waals surface area contributed by atoms with Crippen LogP contribution in [0.4, 0.5) is 0 Å². The molecule has 0 aliphatic carbocycles. The van der Waals surface area contributed by atoms with Crippen LogP contribution in [0.3, 0.4) is 0 Å². The molecule has 3 heteroatoms. The lowest BCUT2D eigenvalue weighted by Gasteiger charge is -2.28. The van der Waals surface area contributed by atoms with Crippen molar-refractivity contribution in [2.24, 2.45) is 0 Å². The van der Waals surface area contributed by atoms with E-state index >= 15 is 0 Å². The Morgan fingerprint density at radius 2 is 1.92 bits per heavy atom. The van der Waals surface area contributed by atoms with E-state index in [1.807, 2.05) is 7.05 Å². The van der Waals surface area contributed by atoms with Crippen molar-refractivity contribution in [1.29, 1.82) is 0 Å². The molecule has 0 fully saturated rings. The predicted molar refractivity (Wildman–Crippen MR) is 58.4 cm³/mol. The first kappa shape index (κ1) is 11.7. The number of nitrogens with one attached hydrogen (secondary N) is 1. The van der Waals surface area contributed by atoms with Gasteiger partial charge in [-0.25, -0.2) is 0 Å². The molecule has 0 heterocycles. The van der Waals surface area contributed by atoms with Gasteiger partial charge in [-0.3, -0.25) is 0 Å².